The number of rotatable bonds is 10. The third-order valence-electron chi connectivity index (χ3n) is 12.7. The molecule has 3 aromatic heterocycles. The van der Waals surface area contributed by atoms with Crippen LogP contribution in [0, 0.1) is 23.4 Å². The predicted octanol–water partition coefficient (Wildman–Crippen LogP) is 6.00. The number of nitrogens with zero attached hydrogens (tertiary/aromatic N) is 6. The molecule has 1 saturated carbocycles. The van der Waals surface area contributed by atoms with Gasteiger partial charge in [0.25, 0.3) is 5.91 Å². The van der Waals surface area contributed by atoms with Crippen molar-refractivity contribution < 1.29 is 32.7 Å². The van der Waals surface area contributed by atoms with Gasteiger partial charge in [-0.3, -0.25) is 43.4 Å². The SMILES string of the molecule is Cn1c(=O)n(C2CCC(=O)NC2=O)c2ccc(CCCN3CCc4nc(-c5ccc6cn([C@H]7CC[C@H](CNC(=O)c8cc(F)c(O)c(F)c8F)CC7)nc6c5)ccc4C3)cc21. The van der Waals surface area contributed by atoms with Crippen LogP contribution in [0.25, 0.3) is 33.2 Å². The first-order valence-corrected chi connectivity index (χ1v) is 20.8. The average Bonchev–Trinajstić information content (AvgIpc) is 3.80. The number of imide groups is 1. The molecule has 3 aromatic carbocycles. The molecule has 0 bridgehead atoms. The molecular weight excluding hydrogens is 790 g/mol. The second kappa shape index (κ2) is 16.3. The zero-order chi connectivity index (χ0) is 42.5. The molecule has 2 fully saturated rings. The number of aromatic nitrogens is 5. The first-order chi connectivity index (χ1) is 29.4. The van der Waals surface area contributed by atoms with Gasteiger partial charge in [0, 0.05) is 62.4 Å². The molecule has 2 aliphatic heterocycles. The lowest BCUT2D eigenvalue weighted by Crippen LogP contribution is -2.44. The van der Waals surface area contributed by atoms with Gasteiger partial charge >= 0.3 is 5.69 Å². The van der Waals surface area contributed by atoms with Crippen LogP contribution in [0.4, 0.5) is 13.2 Å². The lowest BCUT2D eigenvalue weighted by Gasteiger charge is -2.28. The summed E-state index contributed by atoms with van der Waals surface area (Å²) in [7, 11) is 1.71. The number of carbonyl (C=O) groups excluding carboxylic acids is 3. The van der Waals surface area contributed by atoms with Gasteiger partial charge in [0.05, 0.1) is 33.8 Å². The molecule has 1 saturated heterocycles. The van der Waals surface area contributed by atoms with Crippen molar-refractivity contribution in [3.8, 4) is 17.0 Å². The molecule has 61 heavy (non-hydrogen) atoms. The monoisotopic (exact) mass is 834 g/mol. The highest BCUT2D eigenvalue weighted by Gasteiger charge is 2.32. The van der Waals surface area contributed by atoms with Gasteiger partial charge in [-0.15, -0.1) is 0 Å². The summed E-state index contributed by atoms with van der Waals surface area (Å²) in [5, 5.41) is 20.2. The number of hydrogen-bond acceptors (Lipinski definition) is 8. The van der Waals surface area contributed by atoms with E-state index < -0.39 is 46.6 Å². The van der Waals surface area contributed by atoms with E-state index in [9.17, 15) is 37.5 Å². The van der Waals surface area contributed by atoms with E-state index in [1.807, 2.05) is 22.9 Å². The maximum atomic E-state index is 14.2. The predicted molar refractivity (Wildman–Crippen MR) is 220 cm³/mol. The largest absolute Gasteiger partial charge is 0.503 e. The van der Waals surface area contributed by atoms with Crippen LogP contribution in [-0.4, -0.2) is 71.3 Å². The quantitative estimate of drug-likeness (QED) is 0.112. The van der Waals surface area contributed by atoms with Crippen LogP contribution in [0.15, 0.2) is 65.6 Å². The number of phenolic OH excluding ortho intramolecular Hbond substituents is 1. The van der Waals surface area contributed by atoms with E-state index in [0.29, 0.717) is 18.0 Å². The minimum atomic E-state index is -1.78. The van der Waals surface area contributed by atoms with Crippen molar-refractivity contribution in [2.45, 2.75) is 76.4 Å². The van der Waals surface area contributed by atoms with Crippen molar-refractivity contribution in [3.05, 3.63) is 111 Å². The molecule has 3 aliphatic rings. The molecule has 6 aromatic rings. The van der Waals surface area contributed by atoms with Crippen LogP contribution in [0.1, 0.15) is 84.2 Å². The van der Waals surface area contributed by atoms with Crippen molar-refractivity contribution in [2.24, 2.45) is 13.0 Å². The van der Waals surface area contributed by atoms with E-state index in [1.54, 1.807) is 11.6 Å². The Morgan fingerprint density at radius 2 is 1.75 bits per heavy atom. The Morgan fingerprint density at radius 3 is 2.56 bits per heavy atom. The van der Waals surface area contributed by atoms with Crippen LogP contribution < -0.4 is 16.3 Å². The maximum absolute atomic E-state index is 14.2. The fraction of sp³-hybridized carbons (Fsp3) is 0.378. The molecular formula is C45H45F3N8O5. The Balaban J connectivity index is 0.776. The number of amides is 3. The fourth-order valence-corrected chi connectivity index (χ4v) is 9.21. The molecule has 5 heterocycles. The molecule has 1 unspecified atom stereocenters. The van der Waals surface area contributed by atoms with E-state index in [0.717, 1.165) is 104 Å². The normalized spacial score (nSPS) is 19.6. The number of aromatic hydroxyl groups is 1. The number of nitrogens with one attached hydrogen (secondary N) is 2. The molecule has 0 spiro atoms. The summed E-state index contributed by atoms with van der Waals surface area (Å²) in [6.45, 7) is 2.88. The highest BCUT2D eigenvalue weighted by Crippen LogP contribution is 2.34. The van der Waals surface area contributed by atoms with Gasteiger partial charge in [0.15, 0.2) is 17.4 Å². The lowest BCUT2D eigenvalue weighted by molar-refractivity contribution is -0.135. The summed E-state index contributed by atoms with van der Waals surface area (Å²) in [6, 6.07) is 16.4. The van der Waals surface area contributed by atoms with Crippen molar-refractivity contribution >= 4 is 39.7 Å². The number of halogens is 3. The number of pyridine rings is 1. The summed E-state index contributed by atoms with van der Waals surface area (Å²) in [5.41, 5.74) is 6.62. The number of imidazole rings is 1. The van der Waals surface area contributed by atoms with Crippen molar-refractivity contribution in [3.63, 3.8) is 0 Å². The molecule has 316 valence electrons. The number of piperidine rings is 1. The second-order valence-electron chi connectivity index (χ2n) is 16.6. The minimum absolute atomic E-state index is 0.115. The number of carbonyl (C=O) groups is 3. The molecule has 1 aliphatic carbocycles. The van der Waals surface area contributed by atoms with Gasteiger partial charge in [-0.25, -0.2) is 13.6 Å². The summed E-state index contributed by atoms with van der Waals surface area (Å²) >= 11 is 0. The number of fused-ring (bicyclic) bond motifs is 3. The Labute approximate surface area is 348 Å². The van der Waals surface area contributed by atoms with E-state index in [2.05, 4.69) is 52.1 Å². The van der Waals surface area contributed by atoms with Gasteiger partial charge in [-0.05, 0) is 98.9 Å². The molecule has 0 radical (unpaired) electrons. The second-order valence-corrected chi connectivity index (χ2v) is 16.6. The molecule has 3 N–H and O–H groups in total. The maximum Gasteiger partial charge on any atom is 0.329 e. The van der Waals surface area contributed by atoms with Crippen molar-refractivity contribution in [1.82, 2.24) is 39.4 Å². The highest BCUT2D eigenvalue weighted by molar-refractivity contribution is 6.00. The number of phenols is 1. The summed E-state index contributed by atoms with van der Waals surface area (Å²) in [5.74, 6) is -7.78. The zero-order valence-electron chi connectivity index (χ0n) is 33.6. The molecule has 9 rings (SSSR count). The Hall–Kier alpha value is -6.29. The van der Waals surface area contributed by atoms with E-state index in [-0.39, 0.29) is 36.5 Å². The summed E-state index contributed by atoms with van der Waals surface area (Å²) < 4.78 is 46.7. The fourth-order valence-electron chi connectivity index (χ4n) is 9.21. The van der Waals surface area contributed by atoms with Crippen LogP contribution in [-0.2, 0) is 36.0 Å². The smallest absolute Gasteiger partial charge is 0.329 e. The van der Waals surface area contributed by atoms with Gasteiger partial charge in [0.2, 0.25) is 17.6 Å². The van der Waals surface area contributed by atoms with E-state index in [4.69, 9.17) is 10.1 Å². The summed E-state index contributed by atoms with van der Waals surface area (Å²) in [4.78, 5) is 57.4. The van der Waals surface area contributed by atoms with Crippen LogP contribution >= 0.6 is 0 Å². The number of benzene rings is 3. The Kier molecular flexibility index (Phi) is 10.7. The zero-order valence-corrected chi connectivity index (χ0v) is 33.6. The Morgan fingerprint density at radius 1 is 0.934 bits per heavy atom. The van der Waals surface area contributed by atoms with E-state index in [1.165, 1.54) is 10.1 Å². The average molecular weight is 835 g/mol. The summed E-state index contributed by atoms with van der Waals surface area (Å²) in [6.07, 6.45) is 8.41. The lowest BCUT2D eigenvalue weighted by atomic mass is 9.86. The van der Waals surface area contributed by atoms with Crippen molar-refractivity contribution in [2.75, 3.05) is 19.6 Å². The molecule has 13 nitrogen and oxygen atoms in total. The topological polar surface area (TPSA) is 156 Å². The van der Waals surface area contributed by atoms with Gasteiger partial charge in [0.1, 0.15) is 6.04 Å². The standard InChI is InChI=1S/C45H45F3N8O5/c1-53-38-19-25(6-13-36(38)56(45(53)61)37-14-15-39(57)51-44(37)60)3-2-17-54-18-16-34-28(23-54)9-12-33(50-34)27-7-8-29-24-55(52-35(29)20-27)30-10-4-26(5-11-30)22-49-43(59)31-21-32(46)42(58)41(48)40(31)47/h6-9,12-13,19-21,24,26,30,37,58H,2-5,10-11,14-18,22-23H2,1H3,(H,49,59)(H,51,57,60)/t26-,30-,37?. The Bertz CT molecular complexity index is 2790. The van der Waals surface area contributed by atoms with E-state index >= 15 is 0 Å². The third kappa shape index (κ3) is 7.80. The highest BCUT2D eigenvalue weighted by atomic mass is 19.2. The minimum Gasteiger partial charge on any atom is -0.503 e. The van der Waals surface area contributed by atoms with Crippen LogP contribution in [0.3, 0.4) is 0 Å². The third-order valence-corrected chi connectivity index (χ3v) is 12.7. The van der Waals surface area contributed by atoms with Crippen molar-refractivity contribution in [1.29, 1.82) is 0 Å². The first-order valence-electron chi connectivity index (χ1n) is 20.8. The van der Waals surface area contributed by atoms with Crippen LogP contribution in [0.5, 0.6) is 5.75 Å². The number of aryl methyl sites for hydroxylation is 2. The van der Waals surface area contributed by atoms with Gasteiger partial charge < -0.3 is 10.4 Å². The van der Waals surface area contributed by atoms with Gasteiger partial charge in [-0.2, -0.15) is 9.49 Å². The molecule has 3 amide bonds. The van der Waals surface area contributed by atoms with Gasteiger partial charge in [-0.1, -0.05) is 24.3 Å². The number of hydrogen-bond donors (Lipinski definition) is 3. The first kappa shape index (κ1) is 40.1. The molecule has 16 heteroatoms. The molecule has 1 atom stereocenters. The van der Waals surface area contributed by atoms with Crippen LogP contribution in [0.2, 0.25) is 0 Å².